The normalized spacial score (nSPS) is 19.7. The van der Waals surface area contributed by atoms with Gasteiger partial charge in [-0.25, -0.2) is 0 Å². The molecule has 5 heteroatoms. The summed E-state index contributed by atoms with van der Waals surface area (Å²) in [5, 5.41) is 11.1. The van der Waals surface area contributed by atoms with Crippen molar-refractivity contribution in [3.63, 3.8) is 0 Å². The van der Waals surface area contributed by atoms with Crippen molar-refractivity contribution in [2.45, 2.75) is 44.7 Å². The van der Waals surface area contributed by atoms with Gasteiger partial charge in [0.1, 0.15) is 5.49 Å². The third kappa shape index (κ3) is 2.67. The topological polar surface area (TPSA) is 57.6 Å². The summed E-state index contributed by atoms with van der Waals surface area (Å²) in [5.41, 5.74) is -0.588. The molecule has 2 N–H and O–H groups in total. The van der Waals surface area contributed by atoms with E-state index >= 15 is 0 Å². The van der Waals surface area contributed by atoms with Gasteiger partial charge in [0.2, 0.25) is 0 Å². The molecule has 0 aliphatic carbocycles. The van der Waals surface area contributed by atoms with Gasteiger partial charge in [0.05, 0.1) is 11.2 Å². The fourth-order valence-corrected chi connectivity index (χ4v) is 1.61. The van der Waals surface area contributed by atoms with Crippen molar-refractivity contribution >= 4 is 13.6 Å². The highest BCUT2D eigenvalue weighted by molar-refractivity contribution is 6.32. The fraction of sp³-hybridized carbons (Fsp3) is 0.615. The first-order valence-corrected chi connectivity index (χ1v) is 6.23. The molecule has 1 atom stereocenters. The van der Waals surface area contributed by atoms with Crippen molar-refractivity contribution in [3.05, 3.63) is 23.0 Å². The van der Waals surface area contributed by atoms with Crippen LogP contribution in [0.2, 0.25) is 5.82 Å². The lowest BCUT2D eigenvalue weighted by Crippen LogP contribution is -2.48. The smallest absolute Gasteiger partial charge is 0.302 e. The molecule has 1 unspecified atom stereocenters. The van der Waals surface area contributed by atoms with E-state index in [9.17, 15) is 5.11 Å². The molecule has 18 heavy (non-hydrogen) atoms. The maximum absolute atomic E-state index is 10.0. The van der Waals surface area contributed by atoms with Crippen LogP contribution < -0.4 is 10.7 Å². The molecule has 1 radical (unpaired) electrons. The Morgan fingerprint density at radius 2 is 2.17 bits per heavy atom. The van der Waals surface area contributed by atoms with Gasteiger partial charge in [0.15, 0.2) is 0 Å². The summed E-state index contributed by atoms with van der Waals surface area (Å²) in [6.07, 6.45) is 4.01. The van der Waals surface area contributed by atoms with E-state index in [1.54, 1.807) is 21.3 Å². The average Bonchev–Trinajstić information content (AvgIpc) is 2.71. The zero-order valence-corrected chi connectivity index (χ0v) is 11.4. The van der Waals surface area contributed by atoms with E-state index in [2.05, 4.69) is 16.1 Å². The van der Waals surface area contributed by atoms with Crippen molar-refractivity contribution in [1.82, 2.24) is 4.98 Å². The third-order valence-electron chi connectivity index (χ3n) is 3.62. The molecule has 2 rings (SSSR count). The number of aromatic amines is 1. The molecule has 2 heterocycles. The van der Waals surface area contributed by atoms with Gasteiger partial charge in [-0.2, -0.15) is 0 Å². The molecule has 1 aromatic rings. The number of hydrogen-bond acceptors (Lipinski definition) is 3. The SMILES string of the molecule is CC(C)(O)C(C)(C)O[B]C1C=c2cc[nH]c2=NC1. The zero-order valence-electron chi connectivity index (χ0n) is 11.4. The minimum atomic E-state index is -0.894. The van der Waals surface area contributed by atoms with Crippen molar-refractivity contribution in [3.8, 4) is 0 Å². The monoisotopic (exact) mass is 247 g/mol. The number of nitrogens with one attached hydrogen (secondary N) is 1. The summed E-state index contributed by atoms with van der Waals surface area (Å²) < 4.78 is 5.75. The average molecular weight is 247 g/mol. The molecule has 97 valence electrons. The highest BCUT2D eigenvalue weighted by atomic mass is 16.5. The number of aliphatic hydroxyl groups is 1. The lowest BCUT2D eigenvalue weighted by molar-refractivity contribution is -0.0906. The molecule has 0 fully saturated rings. The Labute approximate surface area is 108 Å². The molecule has 0 saturated carbocycles. The Morgan fingerprint density at radius 3 is 2.83 bits per heavy atom. The lowest BCUT2D eigenvalue weighted by Gasteiger charge is -2.38. The van der Waals surface area contributed by atoms with Crippen LogP contribution in [0, 0.1) is 0 Å². The molecule has 1 aliphatic heterocycles. The van der Waals surface area contributed by atoms with Crippen LogP contribution in [-0.2, 0) is 4.65 Å². The maximum Gasteiger partial charge on any atom is 0.302 e. The maximum atomic E-state index is 10.0. The van der Waals surface area contributed by atoms with Crippen molar-refractivity contribution in [2.75, 3.05) is 6.54 Å². The summed E-state index contributed by atoms with van der Waals surface area (Å²) in [6, 6.07) is 2.00. The van der Waals surface area contributed by atoms with E-state index < -0.39 is 11.2 Å². The summed E-state index contributed by atoms with van der Waals surface area (Å²) in [7, 11) is 1.78. The summed E-state index contributed by atoms with van der Waals surface area (Å²) in [6.45, 7) is 7.94. The molecule has 1 aromatic heterocycles. The number of H-pyrrole nitrogens is 1. The first-order chi connectivity index (χ1) is 8.29. The molecule has 1 aliphatic rings. The van der Waals surface area contributed by atoms with Gasteiger partial charge in [-0.15, -0.1) is 0 Å². The Morgan fingerprint density at radius 1 is 1.44 bits per heavy atom. The van der Waals surface area contributed by atoms with Gasteiger partial charge in [-0.3, -0.25) is 4.99 Å². The van der Waals surface area contributed by atoms with Crippen LogP contribution in [0.15, 0.2) is 17.3 Å². The van der Waals surface area contributed by atoms with Crippen molar-refractivity contribution in [1.29, 1.82) is 0 Å². The van der Waals surface area contributed by atoms with Crippen LogP contribution in [0.1, 0.15) is 27.7 Å². The second-order valence-corrected chi connectivity index (χ2v) is 5.78. The molecule has 0 spiro atoms. The standard InChI is InChI=1S/C13H20BN2O2/c1-12(2,17)13(3,4)18-14-10-7-9-5-6-15-11(9)16-8-10/h5-7,10,17H,8H2,1-4H3,(H,15,16). The van der Waals surface area contributed by atoms with E-state index in [0.717, 1.165) is 10.7 Å². The van der Waals surface area contributed by atoms with E-state index in [1.165, 1.54) is 0 Å². The van der Waals surface area contributed by atoms with Crippen molar-refractivity contribution < 1.29 is 9.76 Å². The first kappa shape index (κ1) is 13.4. The van der Waals surface area contributed by atoms with Gasteiger partial charge >= 0.3 is 7.48 Å². The van der Waals surface area contributed by atoms with E-state index in [-0.39, 0.29) is 5.82 Å². The number of fused-ring (bicyclic) bond motifs is 1. The predicted molar refractivity (Wildman–Crippen MR) is 71.9 cm³/mol. The zero-order chi connectivity index (χ0) is 13.4. The lowest BCUT2D eigenvalue weighted by atomic mass is 9.76. The Hall–Kier alpha value is -1.07. The van der Waals surface area contributed by atoms with Crippen LogP contribution in [0.5, 0.6) is 0 Å². The van der Waals surface area contributed by atoms with E-state index in [1.807, 2.05) is 26.1 Å². The molecule has 4 nitrogen and oxygen atoms in total. The van der Waals surface area contributed by atoms with Gasteiger partial charge in [-0.1, -0.05) is 6.08 Å². The quantitative estimate of drug-likeness (QED) is 0.757. The molecule has 0 bridgehead atoms. The molecule has 0 amide bonds. The summed E-state index contributed by atoms with van der Waals surface area (Å²) in [4.78, 5) is 7.52. The fourth-order valence-electron chi connectivity index (χ4n) is 1.61. The van der Waals surface area contributed by atoms with Gasteiger partial charge in [0.25, 0.3) is 0 Å². The third-order valence-corrected chi connectivity index (χ3v) is 3.62. The number of aromatic nitrogens is 1. The highest BCUT2D eigenvalue weighted by Gasteiger charge is 2.36. The van der Waals surface area contributed by atoms with Crippen molar-refractivity contribution in [2.24, 2.45) is 4.99 Å². The Kier molecular flexibility index (Phi) is 3.38. The second kappa shape index (κ2) is 4.55. The first-order valence-electron chi connectivity index (χ1n) is 6.23. The number of rotatable bonds is 4. The predicted octanol–water partition coefficient (Wildman–Crippen LogP) is 0.402. The number of hydrogen-bond donors (Lipinski definition) is 2. The summed E-state index contributed by atoms with van der Waals surface area (Å²) >= 11 is 0. The molecular formula is C13H20BN2O2. The summed E-state index contributed by atoms with van der Waals surface area (Å²) in [5.74, 6) is 0.148. The largest absolute Gasteiger partial charge is 0.432 e. The number of nitrogens with zero attached hydrogens (tertiary/aromatic N) is 1. The molecular weight excluding hydrogens is 227 g/mol. The Bertz CT molecular complexity index is 528. The van der Waals surface area contributed by atoms with Crippen LogP contribution in [-0.4, -0.2) is 35.3 Å². The second-order valence-electron chi connectivity index (χ2n) is 5.78. The highest BCUT2D eigenvalue weighted by Crippen LogP contribution is 2.26. The van der Waals surface area contributed by atoms with Crippen LogP contribution in [0.25, 0.3) is 6.08 Å². The minimum absolute atomic E-state index is 0.148. The van der Waals surface area contributed by atoms with Crippen LogP contribution in [0.3, 0.4) is 0 Å². The van der Waals surface area contributed by atoms with Crippen LogP contribution >= 0.6 is 0 Å². The van der Waals surface area contributed by atoms with E-state index in [4.69, 9.17) is 4.65 Å². The molecule has 0 aromatic carbocycles. The van der Waals surface area contributed by atoms with Gasteiger partial charge in [-0.05, 0) is 39.6 Å². The molecule has 0 saturated heterocycles. The Balaban J connectivity index is 2.01. The van der Waals surface area contributed by atoms with Gasteiger partial charge in [0, 0.05) is 18.0 Å². The van der Waals surface area contributed by atoms with Crippen LogP contribution in [0.4, 0.5) is 0 Å². The van der Waals surface area contributed by atoms with E-state index in [0.29, 0.717) is 6.54 Å². The van der Waals surface area contributed by atoms with Gasteiger partial charge < -0.3 is 14.7 Å². The minimum Gasteiger partial charge on any atom is -0.432 e.